The van der Waals surface area contributed by atoms with Crippen molar-refractivity contribution in [2.45, 2.75) is 13.1 Å². The summed E-state index contributed by atoms with van der Waals surface area (Å²) in [5, 5.41) is 9.76. The van der Waals surface area contributed by atoms with E-state index in [4.69, 9.17) is 4.98 Å². The van der Waals surface area contributed by atoms with Crippen molar-refractivity contribution in [2.75, 3.05) is 0 Å². The van der Waals surface area contributed by atoms with Crippen LogP contribution in [0, 0.1) is 0 Å². The highest BCUT2D eigenvalue weighted by Gasteiger charge is 2.32. The number of hydrogen-bond donors (Lipinski definition) is 1. The van der Waals surface area contributed by atoms with Crippen LogP contribution in [-0.4, -0.2) is 19.2 Å². The Morgan fingerprint density at radius 2 is 1.86 bits per heavy atom. The number of nitrogens with zero attached hydrogens (tertiary/aromatic N) is 4. The molecule has 1 N–H and O–H groups in total. The van der Waals surface area contributed by atoms with E-state index in [-0.39, 0.29) is 5.75 Å². The van der Waals surface area contributed by atoms with Gasteiger partial charge in [-0.05, 0) is 24.3 Å². The van der Waals surface area contributed by atoms with Crippen molar-refractivity contribution in [3.8, 4) is 17.4 Å². The topological polar surface area (TPSA) is 46.9 Å². The zero-order valence-corrected chi connectivity index (χ0v) is 12.2. The Balaban J connectivity index is 1.92. The number of aromatic hydroxyl groups is 1. The van der Waals surface area contributed by atoms with Crippen LogP contribution in [0.15, 0.2) is 42.5 Å². The van der Waals surface area contributed by atoms with Gasteiger partial charge in [0, 0.05) is 6.07 Å². The number of aromatic nitrogens is 4. The summed E-state index contributed by atoms with van der Waals surface area (Å²) in [5.74, 6) is 2.36. The monoisotopic (exact) mass is 291 g/mol. The maximum atomic E-state index is 9.76. The van der Waals surface area contributed by atoms with Gasteiger partial charge in [-0.3, -0.25) is 0 Å². The minimum atomic E-state index is 0.283. The zero-order chi connectivity index (χ0) is 14.8. The third-order valence-corrected chi connectivity index (χ3v) is 4.59. The molecule has 0 atom stereocenters. The van der Waals surface area contributed by atoms with Gasteiger partial charge in [0.2, 0.25) is 5.82 Å². The molecule has 0 unspecified atom stereocenters. The predicted octanol–water partition coefficient (Wildman–Crippen LogP) is 2.20. The minimum absolute atomic E-state index is 0.283. The standard InChI is InChI=1S/C17H14N4O/c1-19-13-4-2-3-5-14(13)21-9-8-20-15-10-11(22)6-7-12(15)18-16(20)17(19)21/h2-7,10H,8-9H2,1H3/p+1. The number of aryl methyl sites for hydroxylation is 3. The van der Waals surface area contributed by atoms with E-state index >= 15 is 0 Å². The van der Waals surface area contributed by atoms with Crippen molar-refractivity contribution >= 4 is 22.1 Å². The highest BCUT2D eigenvalue weighted by molar-refractivity contribution is 5.82. The quantitative estimate of drug-likeness (QED) is 0.505. The lowest BCUT2D eigenvalue weighted by Gasteiger charge is -2.13. The van der Waals surface area contributed by atoms with Crippen molar-refractivity contribution in [1.82, 2.24) is 14.1 Å². The maximum Gasteiger partial charge on any atom is 0.326 e. The Morgan fingerprint density at radius 1 is 1.05 bits per heavy atom. The van der Waals surface area contributed by atoms with E-state index < -0.39 is 0 Å². The maximum absolute atomic E-state index is 9.76. The molecule has 22 heavy (non-hydrogen) atoms. The molecule has 5 rings (SSSR count). The van der Waals surface area contributed by atoms with Crippen LogP contribution in [-0.2, 0) is 20.1 Å². The molecule has 0 fully saturated rings. The van der Waals surface area contributed by atoms with E-state index in [0.717, 1.165) is 35.8 Å². The molecule has 0 aliphatic carbocycles. The van der Waals surface area contributed by atoms with Crippen molar-refractivity contribution < 1.29 is 9.67 Å². The van der Waals surface area contributed by atoms with Gasteiger partial charge in [-0.15, -0.1) is 0 Å². The van der Waals surface area contributed by atoms with Crippen LogP contribution >= 0.6 is 0 Å². The fourth-order valence-corrected chi connectivity index (χ4v) is 3.59. The van der Waals surface area contributed by atoms with Crippen LogP contribution in [0.4, 0.5) is 0 Å². The molecule has 5 heteroatoms. The summed E-state index contributed by atoms with van der Waals surface area (Å²) in [7, 11) is 2.08. The summed E-state index contributed by atoms with van der Waals surface area (Å²) < 4.78 is 6.73. The zero-order valence-electron chi connectivity index (χ0n) is 12.2. The fourth-order valence-electron chi connectivity index (χ4n) is 3.59. The van der Waals surface area contributed by atoms with E-state index in [9.17, 15) is 5.11 Å². The molecule has 1 aliphatic rings. The van der Waals surface area contributed by atoms with Crippen LogP contribution < -0.4 is 4.57 Å². The van der Waals surface area contributed by atoms with E-state index in [0.29, 0.717) is 0 Å². The van der Waals surface area contributed by atoms with Crippen LogP contribution in [0.25, 0.3) is 33.7 Å². The predicted molar refractivity (Wildman–Crippen MR) is 83.5 cm³/mol. The summed E-state index contributed by atoms with van der Waals surface area (Å²) in [6.07, 6.45) is 0. The lowest BCUT2D eigenvalue weighted by atomic mass is 10.3. The van der Waals surface area contributed by atoms with Crippen molar-refractivity contribution in [1.29, 1.82) is 0 Å². The fraction of sp³-hybridized carbons (Fsp3) is 0.176. The van der Waals surface area contributed by atoms with E-state index in [2.05, 4.69) is 45.0 Å². The highest BCUT2D eigenvalue weighted by atomic mass is 16.3. The Hall–Kier alpha value is -2.82. The van der Waals surface area contributed by atoms with Gasteiger partial charge in [0.25, 0.3) is 0 Å². The second-order valence-corrected chi connectivity index (χ2v) is 5.78. The Labute approximate surface area is 126 Å². The van der Waals surface area contributed by atoms with Gasteiger partial charge in [0.1, 0.15) is 12.3 Å². The lowest BCUT2D eigenvalue weighted by Crippen LogP contribution is -2.33. The van der Waals surface area contributed by atoms with E-state index in [1.54, 1.807) is 12.1 Å². The Bertz CT molecular complexity index is 1060. The average Bonchev–Trinajstić information content (AvgIpc) is 3.04. The van der Waals surface area contributed by atoms with Crippen molar-refractivity contribution in [3.05, 3.63) is 42.5 Å². The van der Waals surface area contributed by atoms with Gasteiger partial charge in [-0.1, -0.05) is 12.1 Å². The van der Waals surface area contributed by atoms with Gasteiger partial charge in [0.15, 0.2) is 11.0 Å². The van der Waals surface area contributed by atoms with Crippen molar-refractivity contribution in [3.63, 3.8) is 0 Å². The van der Waals surface area contributed by atoms with Crippen LogP contribution in [0.1, 0.15) is 0 Å². The minimum Gasteiger partial charge on any atom is -0.508 e. The molecule has 1 aliphatic heterocycles. The van der Waals surface area contributed by atoms with Gasteiger partial charge >= 0.3 is 5.82 Å². The molecule has 0 radical (unpaired) electrons. The number of phenols is 1. The molecule has 5 nitrogen and oxygen atoms in total. The first kappa shape index (κ1) is 11.8. The van der Waals surface area contributed by atoms with Gasteiger partial charge in [-0.25, -0.2) is 14.1 Å². The third kappa shape index (κ3) is 1.33. The van der Waals surface area contributed by atoms with E-state index in [1.807, 2.05) is 6.07 Å². The second kappa shape index (κ2) is 3.88. The number of imidazole rings is 2. The lowest BCUT2D eigenvalue weighted by molar-refractivity contribution is -0.634. The summed E-state index contributed by atoms with van der Waals surface area (Å²) in [4.78, 5) is 4.80. The van der Waals surface area contributed by atoms with Gasteiger partial charge in [-0.2, -0.15) is 0 Å². The number of para-hydroxylation sites is 2. The van der Waals surface area contributed by atoms with Crippen LogP contribution in [0.3, 0.4) is 0 Å². The first-order valence-corrected chi connectivity index (χ1v) is 7.41. The highest BCUT2D eigenvalue weighted by Crippen LogP contribution is 2.31. The van der Waals surface area contributed by atoms with E-state index in [1.165, 1.54) is 11.0 Å². The van der Waals surface area contributed by atoms with Crippen molar-refractivity contribution in [2.24, 2.45) is 7.05 Å². The van der Waals surface area contributed by atoms with Gasteiger partial charge in [0.05, 0.1) is 24.6 Å². The summed E-state index contributed by atoms with van der Waals surface area (Å²) in [5.41, 5.74) is 4.36. The largest absolute Gasteiger partial charge is 0.508 e. The summed E-state index contributed by atoms with van der Waals surface area (Å²) in [6, 6.07) is 13.8. The molecular formula is C17H15N4O+. The number of benzene rings is 2. The first-order valence-electron chi connectivity index (χ1n) is 7.41. The second-order valence-electron chi connectivity index (χ2n) is 5.78. The van der Waals surface area contributed by atoms with Gasteiger partial charge < -0.3 is 9.67 Å². The Kier molecular flexibility index (Phi) is 2.08. The normalized spacial score (nSPS) is 13.5. The average molecular weight is 291 g/mol. The third-order valence-electron chi connectivity index (χ3n) is 4.59. The Morgan fingerprint density at radius 3 is 2.77 bits per heavy atom. The number of fused-ring (bicyclic) bond motifs is 7. The molecule has 0 saturated heterocycles. The summed E-state index contributed by atoms with van der Waals surface area (Å²) >= 11 is 0. The molecule has 2 aromatic heterocycles. The number of rotatable bonds is 0. The molecule has 108 valence electrons. The molecule has 0 bridgehead atoms. The molecule has 0 amide bonds. The SMILES string of the molecule is C[n+]1c2n(c3ccccc31)CCn1c-2nc2ccc(O)cc21. The molecule has 0 spiro atoms. The van der Waals surface area contributed by atoms with Crippen LogP contribution in [0.5, 0.6) is 5.75 Å². The molecular weight excluding hydrogens is 276 g/mol. The number of hydrogen-bond acceptors (Lipinski definition) is 2. The summed E-state index contributed by atoms with van der Waals surface area (Å²) in [6.45, 7) is 1.77. The van der Waals surface area contributed by atoms with Crippen LogP contribution in [0.2, 0.25) is 0 Å². The molecule has 3 heterocycles. The molecule has 4 aromatic rings. The first-order chi connectivity index (χ1) is 10.7. The molecule has 0 saturated carbocycles. The smallest absolute Gasteiger partial charge is 0.326 e. The molecule has 2 aromatic carbocycles. The number of phenolic OH excluding ortho intramolecular Hbond substituents is 1.